The molecule has 1 amide bonds. The van der Waals surface area contributed by atoms with Crippen molar-refractivity contribution in [2.24, 2.45) is 0 Å². The van der Waals surface area contributed by atoms with Gasteiger partial charge in [0.15, 0.2) is 6.10 Å². The van der Waals surface area contributed by atoms with Gasteiger partial charge in [0.25, 0.3) is 5.91 Å². The van der Waals surface area contributed by atoms with Crippen molar-refractivity contribution in [3.05, 3.63) is 29.8 Å². The van der Waals surface area contributed by atoms with E-state index in [1.165, 1.54) is 4.90 Å². The van der Waals surface area contributed by atoms with E-state index in [4.69, 9.17) is 4.74 Å². The Hall–Kier alpha value is -2.04. The number of rotatable bonds is 3. The summed E-state index contributed by atoms with van der Waals surface area (Å²) < 4.78 is 5.72. The largest absolute Gasteiger partial charge is 0.480 e. The van der Waals surface area contributed by atoms with Crippen LogP contribution in [0.3, 0.4) is 0 Å². The molecule has 0 radical (unpaired) electrons. The molecule has 1 saturated carbocycles. The van der Waals surface area contributed by atoms with Gasteiger partial charge in [-0.3, -0.25) is 4.79 Å². The van der Waals surface area contributed by atoms with Crippen molar-refractivity contribution in [2.45, 2.75) is 50.2 Å². The summed E-state index contributed by atoms with van der Waals surface area (Å²) in [6.07, 6.45) is 3.65. The van der Waals surface area contributed by atoms with Crippen LogP contribution in [0.25, 0.3) is 0 Å². The van der Waals surface area contributed by atoms with Crippen LogP contribution in [0.1, 0.15) is 37.7 Å². The Morgan fingerprint density at radius 3 is 2.55 bits per heavy atom. The summed E-state index contributed by atoms with van der Waals surface area (Å²) in [5.41, 5.74) is -0.0738. The average molecular weight is 303 g/mol. The molecule has 1 atom stereocenters. The van der Waals surface area contributed by atoms with Crippen molar-refractivity contribution in [2.75, 3.05) is 7.05 Å². The Morgan fingerprint density at radius 1 is 1.23 bits per heavy atom. The molecular formula is C17H21NO4. The molecule has 1 aromatic rings. The third-order valence-electron chi connectivity index (χ3n) is 4.97. The van der Waals surface area contributed by atoms with E-state index in [0.717, 1.165) is 30.6 Å². The fourth-order valence-corrected chi connectivity index (χ4v) is 3.58. The lowest BCUT2D eigenvalue weighted by atomic mass is 9.80. The molecule has 5 heteroatoms. The minimum absolute atomic E-state index is 0.236. The zero-order valence-corrected chi connectivity index (χ0v) is 12.7. The van der Waals surface area contributed by atoms with E-state index in [1.807, 2.05) is 24.3 Å². The van der Waals surface area contributed by atoms with E-state index in [9.17, 15) is 14.7 Å². The topological polar surface area (TPSA) is 66.8 Å². The number of fused-ring (bicyclic) bond motifs is 1. The summed E-state index contributed by atoms with van der Waals surface area (Å²) in [5.74, 6) is -0.415. The van der Waals surface area contributed by atoms with E-state index < -0.39 is 17.6 Å². The van der Waals surface area contributed by atoms with Crippen molar-refractivity contribution >= 4 is 11.9 Å². The first-order chi connectivity index (χ1) is 10.5. The third kappa shape index (κ3) is 2.34. The van der Waals surface area contributed by atoms with Gasteiger partial charge in [-0.1, -0.05) is 37.5 Å². The van der Waals surface area contributed by atoms with Crippen LogP contribution in [0, 0.1) is 0 Å². The Labute approximate surface area is 129 Å². The first-order valence-corrected chi connectivity index (χ1v) is 7.80. The molecule has 0 saturated heterocycles. The quantitative estimate of drug-likeness (QED) is 0.930. The van der Waals surface area contributed by atoms with Crippen LogP contribution in [0.4, 0.5) is 0 Å². The number of carbonyl (C=O) groups is 2. The van der Waals surface area contributed by atoms with Crippen LogP contribution in [0.2, 0.25) is 0 Å². The second kappa shape index (κ2) is 5.63. The SMILES string of the molecule is CN(C(=O)C1Cc2ccccc2O1)C1(C(=O)O)CCCCC1. The van der Waals surface area contributed by atoms with Gasteiger partial charge < -0.3 is 14.7 Å². The Balaban J connectivity index is 1.78. The van der Waals surface area contributed by atoms with Crippen molar-refractivity contribution < 1.29 is 19.4 Å². The normalized spacial score (nSPS) is 22.5. The number of carboxylic acids is 1. The smallest absolute Gasteiger partial charge is 0.329 e. The van der Waals surface area contributed by atoms with Gasteiger partial charge in [-0.25, -0.2) is 4.79 Å². The summed E-state index contributed by atoms with van der Waals surface area (Å²) in [4.78, 5) is 26.0. The second-order valence-corrected chi connectivity index (χ2v) is 6.21. The van der Waals surface area contributed by atoms with E-state index in [0.29, 0.717) is 19.3 Å². The molecule has 0 bridgehead atoms. The molecule has 1 fully saturated rings. The molecule has 0 spiro atoms. The van der Waals surface area contributed by atoms with Gasteiger partial charge in [0.2, 0.25) is 0 Å². The summed E-state index contributed by atoms with van der Waals surface area (Å²) >= 11 is 0. The monoisotopic (exact) mass is 303 g/mol. The van der Waals surface area contributed by atoms with Crippen molar-refractivity contribution in [3.8, 4) is 5.75 Å². The maximum Gasteiger partial charge on any atom is 0.329 e. The second-order valence-electron chi connectivity index (χ2n) is 6.21. The number of likely N-dealkylation sites (N-methyl/N-ethyl adjacent to an activating group) is 1. The maximum absolute atomic E-state index is 12.8. The molecule has 2 aliphatic rings. The Morgan fingerprint density at radius 2 is 1.91 bits per heavy atom. The van der Waals surface area contributed by atoms with Crippen LogP contribution in [0.5, 0.6) is 5.75 Å². The van der Waals surface area contributed by atoms with Gasteiger partial charge in [-0.2, -0.15) is 0 Å². The number of hydrogen-bond donors (Lipinski definition) is 1. The number of para-hydroxylation sites is 1. The predicted molar refractivity (Wildman–Crippen MR) is 80.8 cm³/mol. The standard InChI is InChI=1S/C17H21NO4/c1-18(17(16(20)21)9-5-2-6-10-17)15(19)14-11-12-7-3-4-8-13(12)22-14/h3-4,7-8,14H,2,5-6,9-11H2,1H3,(H,20,21). The lowest BCUT2D eigenvalue weighted by Crippen LogP contribution is -2.59. The predicted octanol–water partition coefficient (Wildman–Crippen LogP) is 2.24. The molecule has 1 aliphatic carbocycles. The summed E-state index contributed by atoms with van der Waals surface area (Å²) in [6, 6.07) is 7.57. The minimum atomic E-state index is -1.08. The van der Waals surface area contributed by atoms with Crippen LogP contribution in [-0.4, -0.2) is 40.6 Å². The third-order valence-corrected chi connectivity index (χ3v) is 4.97. The van der Waals surface area contributed by atoms with Crippen LogP contribution in [0.15, 0.2) is 24.3 Å². The van der Waals surface area contributed by atoms with Gasteiger partial charge in [-0.15, -0.1) is 0 Å². The number of aliphatic carboxylic acids is 1. The van der Waals surface area contributed by atoms with Gasteiger partial charge in [0.1, 0.15) is 11.3 Å². The molecular weight excluding hydrogens is 282 g/mol. The lowest BCUT2D eigenvalue weighted by Gasteiger charge is -2.41. The molecule has 3 rings (SSSR count). The van der Waals surface area contributed by atoms with Gasteiger partial charge >= 0.3 is 5.97 Å². The first-order valence-electron chi connectivity index (χ1n) is 7.80. The van der Waals surface area contributed by atoms with E-state index in [1.54, 1.807) is 7.05 Å². The Bertz CT molecular complexity index is 567. The molecule has 22 heavy (non-hydrogen) atoms. The number of benzene rings is 1. The minimum Gasteiger partial charge on any atom is -0.480 e. The number of ether oxygens (including phenoxy) is 1. The van der Waals surface area contributed by atoms with Crippen molar-refractivity contribution in [1.29, 1.82) is 0 Å². The highest BCUT2D eigenvalue weighted by molar-refractivity contribution is 5.90. The molecule has 118 valence electrons. The van der Waals surface area contributed by atoms with Crippen LogP contribution in [-0.2, 0) is 16.0 Å². The summed E-state index contributed by atoms with van der Waals surface area (Å²) in [7, 11) is 1.61. The average Bonchev–Trinajstić information content (AvgIpc) is 2.98. The van der Waals surface area contributed by atoms with Crippen molar-refractivity contribution in [1.82, 2.24) is 4.90 Å². The number of nitrogens with zero attached hydrogens (tertiary/aromatic N) is 1. The number of hydrogen-bond acceptors (Lipinski definition) is 3. The van der Waals surface area contributed by atoms with Crippen molar-refractivity contribution in [3.63, 3.8) is 0 Å². The van der Waals surface area contributed by atoms with Crippen LogP contribution >= 0.6 is 0 Å². The summed E-state index contributed by atoms with van der Waals surface area (Å²) in [6.45, 7) is 0. The fourth-order valence-electron chi connectivity index (χ4n) is 3.58. The first kappa shape index (κ1) is 14.9. The van der Waals surface area contributed by atoms with E-state index >= 15 is 0 Å². The summed E-state index contributed by atoms with van der Waals surface area (Å²) in [5, 5.41) is 9.69. The molecule has 0 aromatic heterocycles. The van der Waals surface area contributed by atoms with Gasteiger partial charge in [0.05, 0.1) is 0 Å². The number of carboxylic acid groups (broad SMARTS) is 1. The number of amides is 1. The highest BCUT2D eigenvalue weighted by Crippen LogP contribution is 2.35. The lowest BCUT2D eigenvalue weighted by molar-refractivity contribution is -0.162. The molecule has 1 unspecified atom stereocenters. The highest BCUT2D eigenvalue weighted by Gasteiger charge is 2.47. The molecule has 1 heterocycles. The zero-order valence-electron chi connectivity index (χ0n) is 12.7. The van der Waals surface area contributed by atoms with Gasteiger partial charge in [-0.05, 0) is 24.5 Å². The zero-order chi connectivity index (χ0) is 15.7. The molecule has 1 aliphatic heterocycles. The molecule has 5 nitrogen and oxygen atoms in total. The van der Waals surface area contributed by atoms with Gasteiger partial charge in [0, 0.05) is 13.5 Å². The maximum atomic E-state index is 12.8. The number of carbonyl (C=O) groups excluding carboxylic acids is 1. The van der Waals surface area contributed by atoms with E-state index in [-0.39, 0.29) is 5.91 Å². The van der Waals surface area contributed by atoms with E-state index in [2.05, 4.69) is 0 Å². The highest BCUT2D eigenvalue weighted by atomic mass is 16.5. The fraction of sp³-hybridized carbons (Fsp3) is 0.529. The molecule has 1 N–H and O–H groups in total. The Kier molecular flexibility index (Phi) is 3.81. The molecule has 1 aromatic carbocycles. The van der Waals surface area contributed by atoms with Crippen LogP contribution < -0.4 is 4.74 Å².